The van der Waals surface area contributed by atoms with Crippen LogP contribution in [0.1, 0.15) is 266 Å². The van der Waals surface area contributed by atoms with Crippen molar-refractivity contribution in [1.29, 1.82) is 5.26 Å². The molecule has 136 heavy (non-hydrogen) atoms. The summed E-state index contributed by atoms with van der Waals surface area (Å²) in [5, 5.41) is 9.49. The van der Waals surface area contributed by atoms with Gasteiger partial charge in [0.2, 0.25) is 51.9 Å². The first-order chi connectivity index (χ1) is 64.6. The maximum atomic E-state index is 12.8. The van der Waals surface area contributed by atoms with E-state index in [-0.39, 0.29) is 55.1 Å². The van der Waals surface area contributed by atoms with Gasteiger partial charge in [-0.1, -0.05) is 56.0 Å². The van der Waals surface area contributed by atoms with Crippen molar-refractivity contribution >= 4 is 87.1 Å². The van der Waals surface area contributed by atoms with Crippen LogP contribution < -0.4 is 29.1 Å². The molecule has 38 heteroatoms. The highest BCUT2D eigenvalue weighted by atomic mass is 32.2. The lowest BCUT2D eigenvalue weighted by molar-refractivity contribution is -0.154. The van der Waals surface area contributed by atoms with E-state index in [0.29, 0.717) is 121 Å². The topological polar surface area (TPSA) is 359 Å². The molecule has 6 fully saturated rings. The summed E-state index contributed by atoms with van der Waals surface area (Å²) in [6.45, 7) is 14.3. The highest BCUT2D eigenvalue weighted by Gasteiger charge is 2.42. The molecule has 0 aromatic carbocycles. The van der Waals surface area contributed by atoms with Gasteiger partial charge in [0.05, 0.1) is 105 Å². The van der Waals surface area contributed by atoms with E-state index in [4.69, 9.17) is 29.4 Å². The van der Waals surface area contributed by atoms with Crippen LogP contribution in [0.5, 0.6) is 11.8 Å². The van der Waals surface area contributed by atoms with Crippen molar-refractivity contribution in [3.05, 3.63) is 198 Å². The highest BCUT2D eigenvalue weighted by molar-refractivity contribution is 7.89. The Balaban J connectivity index is 0.000000121. The molecule has 4 atom stereocenters. The number of anilines is 4. The van der Waals surface area contributed by atoms with Crippen molar-refractivity contribution in [2.45, 2.75) is 256 Å². The van der Waals surface area contributed by atoms with E-state index in [1.807, 2.05) is 18.2 Å². The third-order valence-corrected chi connectivity index (χ3v) is 34.5. The van der Waals surface area contributed by atoms with Gasteiger partial charge in [0.15, 0.2) is 6.61 Å². The summed E-state index contributed by atoms with van der Waals surface area (Å²) in [7, 11) is -12.7. The van der Waals surface area contributed by atoms with Crippen molar-refractivity contribution in [2.75, 3.05) is 104 Å². The number of aromatic nitrogens is 12. The Labute approximate surface area is 796 Å². The molecule has 0 bridgehead atoms. The normalized spacial score (nSPS) is 22.0. The van der Waals surface area contributed by atoms with E-state index < -0.39 is 52.9 Å². The highest BCUT2D eigenvalue weighted by Crippen LogP contribution is 2.48. The maximum Gasteiger partial charge on any atom is 0.422 e. The number of fused-ring (bicyclic) bond motifs is 8. The predicted molar refractivity (Wildman–Crippen MR) is 516 cm³/mol. The zero-order chi connectivity index (χ0) is 94.3. The SMILES string of the molecule is C.C[C@@H]1Cc2ncnc(C3CCN(S(C)(=O)=O)CC3)c2CN1c1cc(C#N)nc2c1C=CC2.C[C@@H]1Cc2ncnc(C3CCN(S(C)(=O)=O)CC3)c2CN1c1cc(C2CC2)nc2c1C=CC2.C[C@@H]1Cc2ncnc(C3CCN(S(C)(=O)=O)CC3)c2CN1c1cc(OC2CC2)nc2c1C=CC2.C[C@@H]1Cc2ncnc(C3CCN(S(C)(=O)=O)CC3)c2CN1c1cc(OCC(F)(F)F)nc2c1C=CC2. The van der Waals surface area contributed by atoms with Crippen LogP contribution in [0.2, 0.25) is 0 Å². The second-order valence-corrected chi connectivity index (χ2v) is 46.7. The minimum atomic E-state index is -4.45. The molecule has 8 aliphatic heterocycles. The first-order valence-corrected chi connectivity index (χ1v) is 54.7. The average molecular weight is 1940 g/mol. The number of halogens is 3. The van der Waals surface area contributed by atoms with E-state index in [2.05, 4.69) is 142 Å². The van der Waals surface area contributed by atoms with Crippen LogP contribution in [0.25, 0.3) is 24.3 Å². The smallest absolute Gasteiger partial charge is 0.422 e. The quantitative estimate of drug-likeness (QED) is 0.0817. The van der Waals surface area contributed by atoms with Crippen LogP contribution in [-0.2, 0) is 118 Å². The lowest BCUT2D eigenvalue weighted by Gasteiger charge is -2.39. The molecule has 0 spiro atoms. The van der Waals surface area contributed by atoms with E-state index in [1.165, 1.54) is 87.2 Å². The number of sulfonamides is 4. The van der Waals surface area contributed by atoms with E-state index in [9.17, 15) is 52.1 Å². The number of nitriles is 1. The van der Waals surface area contributed by atoms with Crippen molar-refractivity contribution in [3.8, 4) is 17.8 Å². The third kappa shape index (κ3) is 20.7. The molecule has 4 saturated heterocycles. The summed E-state index contributed by atoms with van der Waals surface area (Å²) in [5.74, 6) is 2.18. The minimum absolute atomic E-state index is 0. The van der Waals surface area contributed by atoms with Crippen molar-refractivity contribution in [3.63, 3.8) is 0 Å². The molecule has 0 radical (unpaired) electrons. The predicted octanol–water partition coefficient (Wildman–Crippen LogP) is 13.0. The maximum absolute atomic E-state index is 12.8. The third-order valence-electron chi connectivity index (χ3n) is 29.3. The number of piperidine rings is 4. The van der Waals surface area contributed by atoms with Crippen LogP contribution >= 0.6 is 0 Å². The van der Waals surface area contributed by atoms with E-state index >= 15 is 0 Å². The molecule has 31 nitrogen and oxygen atoms in total. The number of hydrogen-bond donors (Lipinski definition) is 0. The second kappa shape index (κ2) is 38.8. The zero-order valence-corrected chi connectivity index (χ0v) is 80.9. The first-order valence-electron chi connectivity index (χ1n) is 47.3. The number of allylic oxidation sites excluding steroid dienone is 4. The van der Waals surface area contributed by atoms with Gasteiger partial charge in [-0.2, -0.15) is 18.4 Å². The fourth-order valence-electron chi connectivity index (χ4n) is 21.7. The van der Waals surface area contributed by atoms with E-state index in [0.717, 1.165) is 199 Å². The molecule has 16 heterocycles. The second-order valence-electron chi connectivity index (χ2n) is 38.7. The number of pyridine rings is 4. The summed E-state index contributed by atoms with van der Waals surface area (Å²) >= 11 is 0. The molecular formula is C98H120F3N21O10S4. The van der Waals surface area contributed by atoms with Gasteiger partial charge >= 0.3 is 6.18 Å². The Hall–Kier alpha value is -10.4. The molecular weight excluding hydrogens is 1820 g/mol. The molecule has 14 aliphatic rings. The molecule has 0 unspecified atom stereocenters. The molecule has 722 valence electrons. The number of hydrogen-bond acceptors (Lipinski definition) is 27. The molecule has 8 aromatic heterocycles. The van der Waals surface area contributed by atoms with Crippen LogP contribution in [0.3, 0.4) is 0 Å². The largest absolute Gasteiger partial charge is 0.474 e. The Morgan fingerprint density at radius 1 is 0.375 bits per heavy atom. The Morgan fingerprint density at radius 3 is 0.971 bits per heavy atom. The lowest BCUT2D eigenvalue weighted by atomic mass is 9.87. The summed E-state index contributed by atoms with van der Waals surface area (Å²) < 4.78 is 151. The summed E-state index contributed by atoms with van der Waals surface area (Å²) in [4.78, 5) is 65.3. The minimum Gasteiger partial charge on any atom is -0.474 e. The molecule has 6 aliphatic carbocycles. The monoisotopic (exact) mass is 1940 g/mol. The fraction of sp³-hybridized carbons (Fsp3) is 0.541. The van der Waals surface area contributed by atoms with Gasteiger partial charge in [0.1, 0.15) is 43.2 Å². The molecule has 8 aromatic rings. The van der Waals surface area contributed by atoms with Crippen molar-refractivity contribution < 1.29 is 56.3 Å². The van der Waals surface area contributed by atoms with Gasteiger partial charge < -0.3 is 29.1 Å². The molecule has 0 amide bonds. The van der Waals surface area contributed by atoms with E-state index in [1.54, 1.807) is 44.3 Å². The van der Waals surface area contributed by atoms with Gasteiger partial charge in [-0.05, 0) is 117 Å². The Morgan fingerprint density at radius 2 is 0.669 bits per heavy atom. The zero-order valence-electron chi connectivity index (χ0n) is 77.6. The number of nitrogens with zero attached hydrogens (tertiary/aromatic N) is 21. The molecule has 22 rings (SSSR count). The summed E-state index contributed by atoms with van der Waals surface area (Å²) in [6.07, 6.45) is 41.6. The fourth-order valence-corrected chi connectivity index (χ4v) is 25.2. The van der Waals surface area contributed by atoms with Gasteiger partial charge in [0, 0.05) is 257 Å². The number of rotatable bonds is 17. The summed E-state index contributed by atoms with van der Waals surface area (Å²) in [6, 6.07) is 11.0. The van der Waals surface area contributed by atoms with Gasteiger partial charge in [-0.25, -0.2) is 106 Å². The van der Waals surface area contributed by atoms with Crippen molar-refractivity contribution in [2.24, 2.45) is 0 Å². The van der Waals surface area contributed by atoms with Crippen molar-refractivity contribution in [1.82, 2.24) is 77.0 Å². The van der Waals surface area contributed by atoms with Gasteiger partial charge in [-0.3, -0.25) is 4.98 Å². The first kappa shape index (κ1) is 95.9. The van der Waals surface area contributed by atoms with Crippen LogP contribution in [0.15, 0.2) is 73.9 Å². The van der Waals surface area contributed by atoms with Crippen LogP contribution in [0, 0.1) is 11.3 Å². The molecule has 0 N–H and O–H groups in total. The average Bonchev–Trinajstić information content (AvgIpc) is 1.58. The Kier molecular flexibility index (Phi) is 27.3. The van der Waals surface area contributed by atoms with Crippen LogP contribution in [-0.4, -0.2) is 231 Å². The molecule has 2 saturated carbocycles. The van der Waals surface area contributed by atoms with Gasteiger partial charge in [-0.15, -0.1) is 0 Å². The standard InChI is InChI=1S/C25H31N5O3S.C25H31N5O2S.C24H28F3N5O3S.C23H26N6O2S.CH4/c1-16-12-22-20(25(27-15-26-22)17-8-10-29(11-9-17)34(2,31)32)14-30(16)23-13-24(33-18-6-7-18)28-21-5-3-4-19(21)23;1-16-12-23-20(25(27-15-26-23)18-8-10-29(11-9-18)33(2,31)32)14-30(16)24-13-22(17-6-7-17)28-21-5-3-4-19(21)24;1-15-10-20-18(23(29-14-28-20)16-6-8-31(9-7-16)36(2,33)34)12-32(15)21-11-22(35-13-24(25,26)27)30-19-5-3-4-17(19)21;1-15-10-21-19(13-29(15)22-11-17(12-24)27-20-5-3-4-18(20)22)23(26-14-25-21)16-6-8-28(9-7-16)32(2,30)31;/h3-4,13,15-18H,5-12,14H2,1-2H3;3-4,13,15-18H,5-12,14H2,1-2H3;3-4,11,14-16H,5-10,12-13H2,1-2H3;3-4,11,14-16H,5-10,13H2,1-2H3;1H4/t2*16-;2*15-;/m1111./s1. The number of alkyl halides is 3. The lowest BCUT2D eigenvalue weighted by Crippen LogP contribution is -2.41. The Bertz CT molecular complexity index is 6580. The number of ether oxygens (including phenoxy) is 2. The van der Waals surface area contributed by atoms with Crippen LogP contribution in [0.4, 0.5) is 35.9 Å². The summed E-state index contributed by atoms with van der Waals surface area (Å²) in [5.41, 5.74) is 27.5. The van der Waals surface area contributed by atoms with Gasteiger partial charge in [0.25, 0.3) is 0 Å².